The number of thioether (sulfide) groups is 1. The molecule has 0 unspecified atom stereocenters. The van der Waals surface area contributed by atoms with Crippen molar-refractivity contribution in [2.24, 2.45) is 0 Å². The summed E-state index contributed by atoms with van der Waals surface area (Å²) in [7, 11) is 3.23. The third kappa shape index (κ3) is 4.03. The molecule has 130 valence electrons. The first-order valence-corrected chi connectivity index (χ1v) is 8.63. The molecule has 2 heterocycles. The van der Waals surface area contributed by atoms with E-state index < -0.39 is 0 Å². The van der Waals surface area contributed by atoms with Crippen molar-refractivity contribution in [3.05, 3.63) is 48.4 Å². The molecule has 25 heavy (non-hydrogen) atoms. The van der Waals surface area contributed by atoms with Crippen molar-refractivity contribution in [2.75, 3.05) is 19.9 Å². The molecule has 0 aliphatic rings. The summed E-state index contributed by atoms with van der Waals surface area (Å²) in [6, 6.07) is 11.3. The highest BCUT2D eigenvalue weighted by atomic mass is 32.2. The topological polar surface area (TPSA) is 82.2 Å². The summed E-state index contributed by atoms with van der Waals surface area (Å²) in [5.74, 6) is 2.41. The average molecular weight is 358 g/mol. The molecule has 0 fully saturated rings. The minimum absolute atomic E-state index is 0.0690. The third-order valence-electron chi connectivity index (χ3n) is 3.55. The summed E-state index contributed by atoms with van der Waals surface area (Å²) in [4.78, 5) is 11.5. The Hall–Kier alpha value is -2.74. The van der Waals surface area contributed by atoms with Crippen LogP contribution >= 0.6 is 11.8 Å². The number of furan rings is 1. The van der Waals surface area contributed by atoms with Gasteiger partial charge in [-0.3, -0.25) is 9.36 Å². The van der Waals surface area contributed by atoms with Crippen molar-refractivity contribution in [3.63, 3.8) is 0 Å². The highest BCUT2D eigenvalue weighted by Gasteiger charge is 2.17. The summed E-state index contributed by atoms with van der Waals surface area (Å²) in [6.07, 6.45) is 1.63. The average Bonchev–Trinajstić information content (AvgIpc) is 3.30. The SMILES string of the molecule is CNC(=O)CSc1nnc(-c2cccc(OC)c2)n1Cc1ccco1. The summed E-state index contributed by atoms with van der Waals surface area (Å²) in [5.41, 5.74) is 0.880. The van der Waals surface area contributed by atoms with Gasteiger partial charge in [0.25, 0.3) is 0 Å². The van der Waals surface area contributed by atoms with E-state index >= 15 is 0 Å². The van der Waals surface area contributed by atoms with Gasteiger partial charge in [-0.1, -0.05) is 23.9 Å². The van der Waals surface area contributed by atoms with E-state index in [1.165, 1.54) is 11.8 Å². The smallest absolute Gasteiger partial charge is 0.230 e. The molecule has 3 aromatic rings. The number of carbonyl (C=O) groups is 1. The first kappa shape index (κ1) is 17.1. The number of nitrogens with one attached hydrogen (secondary N) is 1. The molecule has 3 rings (SSSR count). The van der Waals surface area contributed by atoms with Crippen molar-refractivity contribution < 1.29 is 13.9 Å². The van der Waals surface area contributed by atoms with E-state index in [0.29, 0.717) is 17.5 Å². The summed E-state index contributed by atoms with van der Waals surface area (Å²) >= 11 is 1.33. The third-order valence-corrected chi connectivity index (χ3v) is 4.52. The van der Waals surface area contributed by atoms with Crippen LogP contribution in [0.1, 0.15) is 5.76 Å². The molecule has 1 aromatic carbocycles. The molecule has 1 amide bonds. The fraction of sp³-hybridized carbons (Fsp3) is 0.235. The molecule has 0 saturated carbocycles. The molecule has 8 heteroatoms. The molecule has 1 N–H and O–H groups in total. The zero-order valence-electron chi connectivity index (χ0n) is 13.9. The predicted molar refractivity (Wildman–Crippen MR) is 94.6 cm³/mol. The van der Waals surface area contributed by atoms with E-state index in [1.807, 2.05) is 41.0 Å². The number of methoxy groups -OCH3 is 1. The number of rotatable bonds is 7. The number of aromatic nitrogens is 3. The highest BCUT2D eigenvalue weighted by molar-refractivity contribution is 7.99. The molecule has 0 atom stereocenters. The summed E-state index contributed by atoms with van der Waals surface area (Å²) < 4.78 is 12.7. The van der Waals surface area contributed by atoms with Gasteiger partial charge in [0.1, 0.15) is 11.5 Å². The summed E-state index contributed by atoms with van der Waals surface area (Å²) in [6.45, 7) is 0.475. The quantitative estimate of drug-likeness (QED) is 0.653. The van der Waals surface area contributed by atoms with Crippen LogP contribution in [0.25, 0.3) is 11.4 Å². The minimum atomic E-state index is -0.0690. The molecular formula is C17H18N4O3S. The van der Waals surface area contributed by atoms with E-state index in [9.17, 15) is 4.79 Å². The number of hydrogen-bond donors (Lipinski definition) is 1. The maximum Gasteiger partial charge on any atom is 0.230 e. The maximum atomic E-state index is 11.5. The zero-order chi connectivity index (χ0) is 17.6. The van der Waals surface area contributed by atoms with Gasteiger partial charge in [-0.15, -0.1) is 10.2 Å². The van der Waals surface area contributed by atoms with Crippen LogP contribution in [0.3, 0.4) is 0 Å². The molecule has 0 spiro atoms. The Kier molecular flexibility index (Phi) is 5.39. The van der Waals surface area contributed by atoms with Crippen molar-refractivity contribution in [1.29, 1.82) is 0 Å². The lowest BCUT2D eigenvalue weighted by atomic mass is 10.2. The van der Waals surface area contributed by atoms with Crippen molar-refractivity contribution >= 4 is 17.7 Å². The molecule has 7 nitrogen and oxygen atoms in total. The minimum Gasteiger partial charge on any atom is -0.497 e. The van der Waals surface area contributed by atoms with Crippen LogP contribution in [-0.4, -0.2) is 40.6 Å². The van der Waals surface area contributed by atoms with Crippen molar-refractivity contribution in [3.8, 4) is 17.1 Å². The Morgan fingerprint density at radius 2 is 2.20 bits per heavy atom. The number of ether oxygens (including phenoxy) is 1. The highest BCUT2D eigenvalue weighted by Crippen LogP contribution is 2.27. The Balaban J connectivity index is 1.96. The Morgan fingerprint density at radius 3 is 2.92 bits per heavy atom. The Bertz CT molecular complexity index is 845. The van der Waals surface area contributed by atoms with Gasteiger partial charge >= 0.3 is 0 Å². The van der Waals surface area contributed by atoms with Crippen LogP contribution < -0.4 is 10.1 Å². The van der Waals surface area contributed by atoms with Gasteiger partial charge in [0, 0.05) is 12.6 Å². The second kappa shape index (κ2) is 7.89. The molecule has 2 aromatic heterocycles. The Labute approximate surface area is 149 Å². The molecular weight excluding hydrogens is 340 g/mol. The number of amides is 1. The van der Waals surface area contributed by atoms with Gasteiger partial charge in [-0.05, 0) is 24.3 Å². The van der Waals surface area contributed by atoms with E-state index in [1.54, 1.807) is 20.4 Å². The number of carbonyl (C=O) groups excluding carboxylic acids is 1. The van der Waals surface area contributed by atoms with Gasteiger partial charge in [-0.2, -0.15) is 0 Å². The first-order chi connectivity index (χ1) is 12.2. The summed E-state index contributed by atoms with van der Waals surface area (Å²) in [5, 5.41) is 11.8. The zero-order valence-corrected chi connectivity index (χ0v) is 14.7. The fourth-order valence-electron chi connectivity index (χ4n) is 2.27. The van der Waals surface area contributed by atoms with E-state index in [-0.39, 0.29) is 11.7 Å². The van der Waals surface area contributed by atoms with E-state index in [4.69, 9.17) is 9.15 Å². The largest absolute Gasteiger partial charge is 0.497 e. The van der Waals surface area contributed by atoms with Crippen LogP contribution in [0.5, 0.6) is 5.75 Å². The van der Waals surface area contributed by atoms with Gasteiger partial charge < -0.3 is 14.5 Å². The fourth-order valence-corrected chi connectivity index (χ4v) is 3.08. The first-order valence-electron chi connectivity index (χ1n) is 7.64. The Morgan fingerprint density at radius 1 is 1.32 bits per heavy atom. The molecule has 0 saturated heterocycles. The van der Waals surface area contributed by atoms with Crippen molar-refractivity contribution in [1.82, 2.24) is 20.1 Å². The standard InChI is InChI=1S/C17H18N4O3S/c1-18-15(22)11-25-17-20-19-16(12-5-3-6-13(9-12)23-2)21(17)10-14-7-4-8-24-14/h3-9H,10-11H2,1-2H3,(H,18,22). The number of nitrogens with zero attached hydrogens (tertiary/aromatic N) is 3. The molecule has 0 aliphatic carbocycles. The van der Waals surface area contributed by atoms with Crippen LogP contribution in [0.4, 0.5) is 0 Å². The van der Waals surface area contributed by atoms with Gasteiger partial charge in [0.05, 0.1) is 25.7 Å². The lowest BCUT2D eigenvalue weighted by Gasteiger charge is -2.09. The van der Waals surface area contributed by atoms with Gasteiger partial charge in [-0.25, -0.2) is 0 Å². The molecule has 0 radical (unpaired) electrons. The van der Waals surface area contributed by atoms with Crippen LogP contribution in [0.2, 0.25) is 0 Å². The van der Waals surface area contributed by atoms with Crippen LogP contribution in [0.15, 0.2) is 52.2 Å². The van der Waals surface area contributed by atoms with Crippen LogP contribution in [0, 0.1) is 0 Å². The second-order valence-electron chi connectivity index (χ2n) is 5.17. The van der Waals surface area contributed by atoms with Crippen molar-refractivity contribution in [2.45, 2.75) is 11.7 Å². The number of hydrogen-bond acceptors (Lipinski definition) is 6. The monoisotopic (exact) mass is 358 g/mol. The predicted octanol–water partition coefficient (Wildman–Crippen LogP) is 2.43. The maximum absolute atomic E-state index is 11.5. The number of benzene rings is 1. The van der Waals surface area contributed by atoms with Gasteiger partial charge in [0.15, 0.2) is 11.0 Å². The van der Waals surface area contributed by atoms with Crippen LogP contribution in [-0.2, 0) is 11.3 Å². The molecule has 0 bridgehead atoms. The van der Waals surface area contributed by atoms with E-state index in [2.05, 4.69) is 15.5 Å². The lowest BCUT2D eigenvalue weighted by Crippen LogP contribution is -2.20. The van der Waals surface area contributed by atoms with E-state index in [0.717, 1.165) is 17.1 Å². The normalized spacial score (nSPS) is 10.6. The second-order valence-corrected chi connectivity index (χ2v) is 6.11. The van der Waals surface area contributed by atoms with Gasteiger partial charge in [0.2, 0.25) is 5.91 Å². The lowest BCUT2D eigenvalue weighted by molar-refractivity contribution is -0.118. The molecule has 0 aliphatic heterocycles.